The van der Waals surface area contributed by atoms with Crippen LogP contribution in [0.15, 0.2) is 5.16 Å². The van der Waals surface area contributed by atoms with Crippen LogP contribution in [0.3, 0.4) is 0 Å². The highest BCUT2D eigenvalue weighted by atomic mass is 16.4. The molecule has 0 aliphatic carbocycles. The van der Waals surface area contributed by atoms with Gasteiger partial charge in [-0.2, -0.15) is 0 Å². The van der Waals surface area contributed by atoms with E-state index in [2.05, 4.69) is 22.3 Å². The molecule has 1 heterocycles. The third kappa shape index (κ3) is 3.48. The Labute approximate surface area is 96.5 Å². The summed E-state index contributed by atoms with van der Waals surface area (Å²) in [6, 6.07) is 0. The van der Waals surface area contributed by atoms with Crippen molar-refractivity contribution in [2.45, 2.75) is 26.7 Å². The van der Waals surface area contributed by atoms with Gasteiger partial charge in [-0.25, -0.2) is 0 Å². The monoisotopic (exact) mass is 227 g/mol. The lowest BCUT2D eigenvalue weighted by atomic mass is 9.93. The summed E-state index contributed by atoms with van der Waals surface area (Å²) in [5, 5.41) is 15.0. The lowest BCUT2D eigenvalue weighted by molar-refractivity contribution is -0.122. The molecule has 1 rings (SSSR count). The van der Waals surface area contributed by atoms with Crippen LogP contribution in [0.4, 0.5) is 0 Å². The SMILES string of the molecule is CCNC(=O)CN1CCC(=NO)C(CC)C1. The number of nitrogens with zero attached hydrogens (tertiary/aromatic N) is 2. The van der Waals surface area contributed by atoms with E-state index in [9.17, 15) is 4.79 Å². The first-order valence-corrected chi connectivity index (χ1v) is 5.91. The minimum Gasteiger partial charge on any atom is -0.411 e. The van der Waals surface area contributed by atoms with Crippen molar-refractivity contribution >= 4 is 11.6 Å². The zero-order chi connectivity index (χ0) is 12.0. The van der Waals surface area contributed by atoms with Crippen LogP contribution in [0, 0.1) is 5.92 Å². The molecule has 1 aliphatic rings. The molecular formula is C11H21N3O2. The summed E-state index contributed by atoms with van der Waals surface area (Å²) >= 11 is 0. The molecule has 1 amide bonds. The molecule has 0 radical (unpaired) electrons. The maximum absolute atomic E-state index is 11.4. The molecule has 1 unspecified atom stereocenters. The van der Waals surface area contributed by atoms with E-state index in [0.717, 1.165) is 31.6 Å². The van der Waals surface area contributed by atoms with E-state index in [0.29, 0.717) is 13.1 Å². The molecular weight excluding hydrogens is 206 g/mol. The Kier molecular flexibility index (Phi) is 5.25. The fourth-order valence-corrected chi connectivity index (χ4v) is 2.08. The van der Waals surface area contributed by atoms with E-state index in [1.165, 1.54) is 0 Å². The standard InChI is InChI=1S/C11H21N3O2/c1-3-9-7-14(6-5-10(9)13-16)8-11(15)12-4-2/h9,16H,3-8H2,1-2H3,(H,12,15). The Morgan fingerprint density at radius 1 is 1.62 bits per heavy atom. The van der Waals surface area contributed by atoms with Gasteiger partial charge >= 0.3 is 0 Å². The van der Waals surface area contributed by atoms with Gasteiger partial charge in [0.1, 0.15) is 0 Å². The molecule has 5 nitrogen and oxygen atoms in total. The maximum atomic E-state index is 11.4. The van der Waals surface area contributed by atoms with Crippen molar-refractivity contribution in [1.82, 2.24) is 10.2 Å². The highest BCUT2D eigenvalue weighted by Crippen LogP contribution is 2.16. The van der Waals surface area contributed by atoms with Crippen LogP contribution in [-0.2, 0) is 4.79 Å². The Bertz CT molecular complexity index is 266. The number of oxime groups is 1. The second-order valence-electron chi connectivity index (χ2n) is 4.14. The van der Waals surface area contributed by atoms with Gasteiger partial charge in [-0.3, -0.25) is 9.69 Å². The predicted octanol–water partition coefficient (Wildman–Crippen LogP) is 0.685. The summed E-state index contributed by atoms with van der Waals surface area (Å²) in [7, 11) is 0. The molecule has 0 aromatic rings. The van der Waals surface area contributed by atoms with Crippen molar-refractivity contribution < 1.29 is 10.0 Å². The Hall–Kier alpha value is -1.10. The zero-order valence-corrected chi connectivity index (χ0v) is 10.1. The van der Waals surface area contributed by atoms with E-state index in [1.807, 2.05) is 6.92 Å². The van der Waals surface area contributed by atoms with E-state index in [1.54, 1.807) is 0 Å². The zero-order valence-electron chi connectivity index (χ0n) is 10.1. The second-order valence-corrected chi connectivity index (χ2v) is 4.14. The first-order chi connectivity index (χ1) is 7.71. The van der Waals surface area contributed by atoms with Gasteiger partial charge in [-0.15, -0.1) is 0 Å². The Morgan fingerprint density at radius 2 is 2.38 bits per heavy atom. The van der Waals surface area contributed by atoms with Crippen molar-refractivity contribution in [3.8, 4) is 0 Å². The van der Waals surface area contributed by atoms with Crippen LogP contribution in [-0.4, -0.2) is 47.9 Å². The summed E-state index contributed by atoms with van der Waals surface area (Å²) in [5.41, 5.74) is 0.870. The fraction of sp³-hybridized carbons (Fsp3) is 0.818. The molecule has 16 heavy (non-hydrogen) atoms. The average molecular weight is 227 g/mol. The normalized spacial score (nSPS) is 24.6. The van der Waals surface area contributed by atoms with Crippen LogP contribution in [0.25, 0.3) is 0 Å². The molecule has 0 spiro atoms. The quantitative estimate of drug-likeness (QED) is 0.548. The number of piperidine rings is 1. The van der Waals surface area contributed by atoms with E-state index < -0.39 is 0 Å². The third-order valence-corrected chi connectivity index (χ3v) is 3.00. The average Bonchev–Trinajstić information content (AvgIpc) is 2.29. The summed E-state index contributed by atoms with van der Waals surface area (Å²) in [6.45, 7) is 6.72. The van der Waals surface area contributed by atoms with E-state index >= 15 is 0 Å². The van der Waals surface area contributed by atoms with E-state index in [-0.39, 0.29) is 11.8 Å². The number of hydrogen-bond donors (Lipinski definition) is 2. The van der Waals surface area contributed by atoms with Gasteiger partial charge < -0.3 is 10.5 Å². The number of carbonyl (C=O) groups excluding carboxylic acids is 1. The summed E-state index contributed by atoms with van der Waals surface area (Å²) in [5.74, 6) is 0.356. The van der Waals surface area contributed by atoms with Crippen molar-refractivity contribution in [2.24, 2.45) is 11.1 Å². The highest BCUT2D eigenvalue weighted by Gasteiger charge is 2.25. The number of nitrogens with one attached hydrogen (secondary N) is 1. The first kappa shape index (κ1) is 13.0. The molecule has 92 valence electrons. The van der Waals surface area contributed by atoms with Crippen molar-refractivity contribution in [3.63, 3.8) is 0 Å². The van der Waals surface area contributed by atoms with Crippen molar-refractivity contribution in [3.05, 3.63) is 0 Å². The lowest BCUT2D eigenvalue weighted by Gasteiger charge is -2.32. The maximum Gasteiger partial charge on any atom is 0.234 e. The minimum absolute atomic E-state index is 0.0711. The largest absolute Gasteiger partial charge is 0.411 e. The molecule has 0 aromatic heterocycles. The number of likely N-dealkylation sites (N-methyl/N-ethyl adjacent to an activating group) is 1. The molecule has 5 heteroatoms. The molecule has 1 fully saturated rings. The predicted molar refractivity (Wildman–Crippen MR) is 62.7 cm³/mol. The fourth-order valence-electron chi connectivity index (χ4n) is 2.08. The number of likely N-dealkylation sites (tertiary alicyclic amines) is 1. The van der Waals surface area contributed by atoms with Gasteiger partial charge in [-0.05, 0) is 13.3 Å². The first-order valence-electron chi connectivity index (χ1n) is 5.91. The van der Waals surface area contributed by atoms with Crippen LogP contribution in [0.2, 0.25) is 0 Å². The van der Waals surface area contributed by atoms with Crippen molar-refractivity contribution in [1.29, 1.82) is 0 Å². The van der Waals surface area contributed by atoms with Gasteiger partial charge in [0.05, 0.1) is 12.3 Å². The molecule has 2 N–H and O–H groups in total. The molecule has 1 aliphatic heterocycles. The van der Waals surface area contributed by atoms with Crippen LogP contribution in [0.5, 0.6) is 0 Å². The molecule has 0 saturated carbocycles. The number of hydrogen-bond acceptors (Lipinski definition) is 4. The summed E-state index contributed by atoms with van der Waals surface area (Å²) < 4.78 is 0. The second kappa shape index (κ2) is 6.48. The minimum atomic E-state index is 0.0711. The highest BCUT2D eigenvalue weighted by molar-refractivity contribution is 5.87. The summed E-state index contributed by atoms with van der Waals surface area (Å²) in [4.78, 5) is 13.5. The molecule has 0 aromatic carbocycles. The number of rotatable bonds is 4. The Morgan fingerprint density at radius 3 is 2.94 bits per heavy atom. The van der Waals surface area contributed by atoms with Gasteiger partial charge in [0.25, 0.3) is 0 Å². The lowest BCUT2D eigenvalue weighted by Crippen LogP contribution is -2.45. The topological polar surface area (TPSA) is 64.9 Å². The number of amides is 1. The van der Waals surface area contributed by atoms with Crippen molar-refractivity contribution in [2.75, 3.05) is 26.2 Å². The molecule has 1 saturated heterocycles. The smallest absolute Gasteiger partial charge is 0.234 e. The summed E-state index contributed by atoms with van der Waals surface area (Å²) in [6.07, 6.45) is 1.71. The van der Waals surface area contributed by atoms with Crippen LogP contribution >= 0.6 is 0 Å². The molecule has 0 bridgehead atoms. The van der Waals surface area contributed by atoms with E-state index in [4.69, 9.17) is 5.21 Å². The van der Waals surface area contributed by atoms with Crippen LogP contribution in [0.1, 0.15) is 26.7 Å². The van der Waals surface area contributed by atoms with Gasteiger partial charge in [0, 0.05) is 32.0 Å². The van der Waals surface area contributed by atoms with Gasteiger partial charge in [0.15, 0.2) is 0 Å². The third-order valence-electron chi connectivity index (χ3n) is 3.00. The van der Waals surface area contributed by atoms with Gasteiger partial charge in [0.2, 0.25) is 5.91 Å². The number of carbonyl (C=O) groups is 1. The van der Waals surface area contributed by atoms with Crippen LogP contribution < -0.4 is 5.32 Å². The van der Waals surface area contributed by atoms with Gasteiger partial charge in [-0.1, -0.05) is 12.1 Å². The Balaban J connectivity index is 2.45. The molecule has 1 atom stereocenters.